The van der Waals surface area contributed by atoms with Crippen LogP contribution in [0.15, 0.2) is 47.3 Å². The molecule has 6 heterocycles. The van der Waals surface area contributed by atoms with Crippen LogP contribution in [0.2, 0.25) is 0 Å². The average molecular weight is 1180 g/mol. The summed E-state index contributed by atoms with van der Waals surface area (Å²) in [5.41, 5.74) is 5.48. The normalized spacial score (nSPS) is 21.5. The number of methoxy groups -OCH3 is 1. The Kier molecular flexibility index (Phi) is 18.6. The number of hydrogen-bond donors (Lipinski definition) is 8. The first-order valence-corrected chi connectivity index (χ1v) is 30.1. The number of amides is 9. The summed E-state index contributed by atoms with van der Waals surface area (Å²) in [5, 5.41) is 11.0. The summed E-state index contributed by atoms with van der Waals surface area (Å²) in [4.78, 5) is 174. The number of para-hydroxylation sites is 1. The van der Waals surface area contributed by atoms with Crippen LogP contribution in [-0.2, 0) is 49.9 Å². The number of H-pyrrole nitrogens is 1. The molecule has 4 aliphatic heterocycles. The van der Waals surface area contributed by atoms with E-state index in [2.05, 4.69) is 38.1 Å². The number of aromatic amines is 1. The Morgan fingerprint density at radius 3 is 2.32 bits per heavy atom. The van der Waals surface area contributed by atoms with Crippen molar-refractivity contribution < 1.29 is 67.0 Å². The molecule has 9 amide bonds. The van der Waals surface area contributed by atoms with E-state index in [4.69, 9.17) is 10.5 Å². The number of primary amides is 1. The third-order valence-electron chi connectivity index (χ3n) is 17.1. The van der Waals surface area contributed by atoms with Gasteiger partial charge < -0.3 is 55.9 Å². The molecule has 1 aliphatic carbocycles. The molecular weight excluding hydrogens is 1110 g/mol. The number of piperidine rings is 2. The molecule has 9 N–H and O–H groups in total. The van der Waals surface area contributed by atoms with Gasteiger partial charge in [-0.2, -0.15) is 0 Å². The van der Waals surface area contributed by atoms with Crippen molar-refractivity contribution in [3.63, 3.8) is 0 Å². The molecule has 26 nitrogen and oxygen atoms in total. The summed E-state index contributed by atoms with van der Waals surface area (Å²) in [6, 6.07) is 4.09. The van der Waals surface area contributed by atoms with E-state index < -0.39 is 90.9 Å². The Morgan fingerprint density at radius 2 is 1.62 bits per heavy atom. The summed E-state index contributed by atoms with van der Waals surface area (Å²) in [7, 11) is -2.32. The number of aromatic nitrogens is 3. The van der Waals surface area contributed by atoms with Crippen LogP contribution < -0.4 is 32.7 Å². The van der Waals surface area contributed by atoms with Crippen LogP contribution in [0.5, 0.6) is 0 Å². The number of aryl methyl sites for hydroxylation is 1. The number of fused-ring (bicyclic) bond motifs is 3. The molecule has 9 rings (SSSR count). The molecule has 2 aromatic carbocycles. The van der Waals surface area contributed by atoms with E-state index in [9.17, 15) is 67.1 Å². The molecule has 2 aromatic heterocycles. The molecule has 6 atom stereocenters. The van der Waals surface area contributed by atoms with Gasteiger partial charge >= 0.3 is 19.4 Å². The Morgan fingerprint density at radius 1 is 0.881 bits per heavy atom. The second kappa shape index (κ2) is 25.8. The summed E-state index contributed by atoms with van der Waals surface area (Å²) >= 11 is 0. The standard InChI is InChI=1S/C57H70N11O15P/c1-64-48-34(13-8-14-42(48)68(56(64)78)44-20-22-46(70)62-52(44)74)12-7-6-9-32-23-26-65(27-24-32)54(76)47(33-10-4-3-5-11-33)63-49(71)39(18-21-45(58)69)60-51(73)43-19-16-37-25-28-66(57(79)83-2)31-41(53(75)67(37)43)61-50(72)40-30-36-29-35(15-17-38(36)59-40)55(77)84(80,81)82/h8,13-15,17,29-30,32-33,37,39,41,43-44,47,59H,3-6,9-11,16,18-28,31H2,1-2H3,(H2,58,69)(H,60,73)(H,61,72)(H,63,71)(H,62,70,74)(H2,80,81,82)/t37-,39+,41+,43+,44?,47+/m1/s1. The largest absolute Gasteiger partial charge is 0.453 e. The second-order valence-electron chi connectivity index (χ2n) is 22.5. The predicted molar refractivity (Wildman–Crippen MR) is 301 cm³/mol. The van der Waals surface area contributed by atoms with Gasteiger partial charge in [0.15, 0.2) is 0 Å². The van der Waals surface area contributed by atoms with E-state index in [1.165, 1.54) is 50.3 Å². The highest BCUT2D eigenvalue weighted by Gasteiger charge is 2.47. The van der Waals surface area contributed by atoms with Crippen molar-refractivity contribution in [1.29, 1.82) is 0 Å². The lowest BCUT2D eigenvalue weighted by atomic mass is 9.82. The Bertz CT molecular complexity index is 3470. The molecule has 27 heteroatoms. The van der Waals surface area contributed by atoms with Gasteiger partial charge in [-0.15, -0.1) is 0 Å². The molecule has 4 saturated heterocycles. The number of imide groups is 1. The number of likely N-dealkylation sites (tertiary alicyclic amines) is 1. The molecule has 5 fully saturated rings. The minimum absolute atomic E-state index is 0.0770. The van der Waals surface area contributed by atoms with Crippen LogP contribution in [0.1, 0.15) is 135 Å². The molecule has 0 radical (unpaired) electrons. The van der Waals surface area contributed by atoms with Crippen molar-refractivity contribution in [3.05, 3.63) is 69.8 Å². The first kappa shape index (κ1) is 60.5. The van der Waals surface area contributed by atoms with Gasteiger partial charge in [-0.1, -0.05) is 37.2 Å². The number of rotatable bonds is 16. The molecule has 448 valence electrons. The number of carbonyl (C=O) groups is 10. The van der Waals surface area contributed by atoms with E-state index in [1.807, 2.05) is 6.07 Å². The fourth-order valence-electron chi connectivity index (χ4n) is 12.6. The third-order valence-corrected chi connectivity index (χ3v) is 17.8. The molecule has 4 aromatic rings. The van der Waals surface area contributed by atoms with Crippen molar-refractivity contribution in [1.82, 2.24) is 50.1 Å². The SMILES string of the molecule is COC(=O)N1CC[C@H]2CC[C@@H](C(=O)N[C@@H](CCC(N)=O)C(=O)N[C@H](C(=O)N3CCC(CCC#Cc4cccc5c4n(C)c(=O)n5C4CCC(=O)NC4=O)CC3)C3CCCCC3)N2C(=O)[C@@H](NC(=O)c2cc3cc(C(=O)P(=O)(O)O)ccc3[nH]2)C1. The first-order valence-electron chi connectivity index (χ1n) is 28.5. The fraction of sp³-hybridized carbons (Fsp3) is 0.526. The monoisotopic (exact) mass is 1180 g/mol. The van der Waals surface area contributed by atoms with E-state index in [1.54, 1.807) is 24.1 Å². The van der Waals surface area contributed by atoms with Crippen LogP contribution >= 0.6 is 7.60 Å². The average Bonchev–Trinajstić information content (AvgIpc) is 3.98. The zero-order chi connectivity index (χ0) is 60.1. The molecule has 0 bridgehead atoms. The lowest BCUT2D eigenvalue weighted by molar-refractivity contribution is -0.144. The maximum atomic E-state index is 14.8. The summed E-state index contributed by atoms with van der Waals surface area (Å²) in [6.07, 6.45) is 6.45. The quantitative estimate of drug-likeness (QED) is 0.0452. The third kappa shape index (κ3) is 13.3. The molecule has 84 heavy (non-hydrogen) atoms. The summed E-state index contributed by atoms with van der Waals surface area (Å²) in [5.74, 6) is 1.69. The van der Waals surface area contributed by atoms with Gasteiger partial charge in [0, 0.05) is 68.5 Å². The second-order valence-corrected chi connectivity index (χ2v) is 24.0. The summed E-state index contributed by atoms with van der Waals surface area (Å²) < 4.78 is 19.5. The van der Waals surface area contributed by atoms with Gasteiger partial charge in [-0.3, -0.25) is 62.2 Å². The maximum absolute atomic E-state index is 14.8. The van der Waals surface area contributed by atoms with Crippen molar-refractivity contribution in [2.75, 3.05) is 33.3 Å². The number of imidazole rings is 1. The van der Waals surface area contributed by atoms with Gasteiger partial charge in [0.1, 0.15) is 35.9 Å². The minimum Gasteiger partial charge on any atom is -0.453 e. The van der Waals surface area contributed by atoms with Gasteiger partial charge in [0.05, 0.1) is 30.3 Å². The number of nitrogens with one attached hydrogen (secondary N) is 5. The molecule has 0 spiro atoms. The van der Waals surface area contributed by atoms with Gasteiger partial charge in [0.2, 0.25) is 41.4 Å². The van der Waals surface area contributed by atoms with E-state index in [-0.39, 0.29) is 97.6 Å². The Hall–Kier alpha value is -8.14. The molecule has 5 aliphatic rings. The molecule has 1 unspecified atom stereocenters. The van der Waals surface area contributed by atoms with E-state index in [0.29, 0.717) is 73.7 Å². The van der Waals surface area contributed by atoms with Gasteiger partial charge in [-0.05, 0) is 112 Å². The van der Waals surface area contributed by atoms with Crippen LogP contribution in [0, 0.1) is 23.7 Å². The highest BCUT2D eigenvalue weighted by molar-refractivity contribution is 7.70. The topological polar surface area (TPSA) is 364 Å². The highest BCUT2D eigenvalue weighted by Crippen LogP contribution is 2.40. The highest BCUT2D eigenvalue weighted by atomic mass is 31.2. The van der Waals surface area contributed by atoms with Crippen molar-refractivity contribution in [3.8, 4) is 11.8 Å². The number of nitrogens with zero attached hydrogens (tertiary/aromatic N) is 5. The number of nitrogens with two attached hydrogens (primary N) is 1. The van der Waals surface area contributed by atoms with Crippen LogP contribution in [0.25, 0.3) is 21.9 Å². The Labute approximate surface area is 482 Å². The first-order chi connectivity index (χ1) is 40.1. The van der Waals surface area contributed by atoms with Crippen molar-refractivity contribution >= 4 is 88.4 Å². The van der Waals surface area contributed by atoms with E-state index in [0.717, 1.165) is 25.7 Å². The number of hydrogen-bond acceptors (Lipinski definition) is 13. The maximum Gasteiger partial charge on any atom is 0.409 e. The zero-order valence-electron chi connectivity index (χ0n) is 46.8. The zero-order valence-corrected chi connectivity index (χ0v) is 47.7. The van der Waals surface area contributed by atoms with Gasteiger partial charge in [0.25, 0.3) is 11.4 Å². The van der Waals surface area contributed by atoms with Crippen LogP contribution in [-0.4, -0.2) is 161 Å². The van der Waals surface area contributed by atoms with Crippen molar-refractivity contribution in [2.24, 2.45) is 24.6 Å². The number of carbonyl (C=O) groups excluding carboxylic acids is 10. The number of ether oxygens (including phenoxy) is 1. The summed E-state index contributed by atoms with van der Waals surface area (Å²) in [6.45, 7) is 0.586. The fourth-order valence-corrected chi connectivity index (χ4v) is 13.1. The smallest absolute Gasteiger partial charge is 0.409 e. The van der Waals surface area contributed by atoms with Crippen LogP contribution in [0.3, 0.4) is 0 Å². The van der Waals surface area contributed by atoms with E-state index >= 15 is 0 Å². The Balaban J connectivity index is 0.854. The lowest BCUT2D eigenvalue weighted by Gasteiger charge is -2.39. The number of benzene rings is 2. The minimum atomic E-state index is -5.12. The molecular formula is C57H70N11O15P. The lowest BCUT2D eigenvalue weighted by Crippen LogP contribution is -2.62. The predicted octanol–water partition coefficient (Wildman–Crippen LogP) is 1.93. The van der Waals surface area contributed by atoms with Crippen LogP contribution in [0.4, 0.5) is 4.79 Å². The van der Waals surface area contributed by atoms with Crippen molar-refractivity contribution in [2.45, 2.75) is 139 Å². The molecule has 1 saturated carbocycles. The van der Waals surface area contributed by atoms with Gasteiger partial charge in [-0.25, -0.2) is 9.59 Å².